The van der Waals surface area contributed by atoms with Gasteiger partial charge in [-0.15, -0.1) is 0 Å². The number of piperidine rings is 1. The monoisotopic (exact) mass is 304 g/mol. The Labute approximate surface area is 121 Å². The minimum atomic E-state index is -4.10. The van der Waals surface area contributed by atoms with Gasteiger partial charge in [0.25, 0.3) is 0 Å². The average Bonchev–Trinajstić information content (AvgIpc) is 2.46. The summed E-state index contributed by atoms with van der Waals surface area (Å²) in [7, 11) is 3.28. The molecule has 1 fully saturated rings. The first kappa shape index (κ1) is 15.8. The maximum atomic E-state index is 12.7. The van der Waals surface area contributed by atoms with Crippen molar-refractivity contribution < 1.29 is 17.9 Å². The zero-order valence-electron chi connectivity index (χ0n) is 12.1. The minimum absolute atomic E-state index is 0.0992. The summed E-state index contributed by atoms with van der Waals surface area (Å²) in [5.74, 6) is 0.571. The first-order chi connectivity index (χ1) is 9.94. The lowest BCUT2D eigenvalue weighted by atomic mass is 9.96. The van der Waals surface area contributed by atoms with Crippen molar-refractivity contribution in [1.29, 1.82) is 0 Å². The van der Waals surface area contributed by atoms with E-state index in [1.54, 1.807) is 20.2 Å². The molecule has 5 nitrogen and oxygen atoms in total. The van der Waals surface area contributed by atoms with Crippen LogP contribution in [0.15, 0.2) is 6.07 Å². The van der Waals surface area contributed by atoms with Crippen molar-refractivity contribution in [1.82, 2.24) is 9.97 Å². The second-order valence-corrected chi connectivity index (χ2v) is 5.01. The summed E-state index contributed by atoms with van der Waals surface area (Å²) in [5.41, 5.74) is 0. The van der Waals surface area contributed by atoms with Gasteiger partial charge in [0.2, 0.25) is 0 Å². The number of anilines is 2. The number of aromatic nitrogens is 2. The number of nitrogens with one attached hydrogen (secondary N) is 1. The number of hydrogen-bond acceptors (Lipinski definition) is 5. The molecule has 2 heterocycles. The van der Waals surface area contributed by atoms with Gasteiger partial charge in [0.05, 0.1) is 5.92 Å². The van der Waals surface area contributed by atoms with Crippen LogP contribution in [0.3, 0.4) is 0 Å². The summed E-state index contributed by atoms with van der Waals surface area (Å²) in [4.78, 5) is 10.5. The van der Waals surface area contributed by atoms with Crippen molar-refractivity contribution >= 4 is 11.6 Å². The SMILES string of the molecule is CNc1cc(N2CCC(C(F)(F)F)CC2)nc(COC)n1. The van der Waals surface area contributed by atoms with Gasteiger partial charge in [-0.3, -0.25) is 0 Å². The third-order valence-corrected chi connectivity index (χ3v) is 3.57. The van der Waals surface area contributed by atoms with Crippen LogP contribution in [0.25, 0.3) is 0 Å². The summed E-state index contributed by atoms with van der Waals surface area (Å²) in [6, 6.07) is 1.74. The van der Waals surface area contributed by atoms with Gasteiger partial charge >= 0.3 is 6.18 Å². The maximum absolute atomic E-state index is 12.7. The topological polar surface area (TPSA) is 50.3 Å². The van der Waals surface area contributed by atoms with Crippen LogP contribution >= 0.6 is 0 Å². The minimum Gasteiger partial charge on any atom is -0.377 e. The molecule has 0 unspecified atom stereocenters. The molecule has 0 bridgehead atoms. The van der Waals surface area contributed by atoms with Gasteiger partial charge in [0.1, 0.15) is 18.2 Å². The molecule has 1 aromatic rings. The van der Waals surface area contributed by atoms with Crippen LogP contribution in [0.4, 0.5) is 24.8 Å². The van der Waals surface area contributed by atoms with E-state index in [0.29, 0.717) is 30.5 Å². The molecule has 1 saturated heterocycles. The van der Waals surface area contributed by atoms with Gasteiger partial charge in [0.15, 0.2) is 5.82 Å². The molecule has 1 aliphatic rings. The number of rotatable bonds is 4. The number of methoxy groups -OCH3 is 1. The molecule has 0 aromatic carbocycles. The highest BCUT2D eigenvalue weighted by molar-refractivity contribution is 5.49. The van der Waals surface area contributed by atoms with Crippen LogP contribution in [0, 0.1) is 5.92 Å². The van der Waals surface area contributed by atoms with E-state index >= 15 is 0 Å². The Balaban J connectivity index is 2.10. The molecular weight excluding hydrogens is 285 g/mol. The molecule has 21 heavy (non-hydrogen) atoms. The van der Waals surface area contributed by atoms with Crippen molar-refractivity contribution in [2.45, 2.75) is 25.6 Å². The van der Waals surface area contributed by atoms with Crippen LogP contribution < -0.4 is 10.2 Å². The van der Waals surface area contributed by atoms with Crippen LogP contribution in [0.1, 0.15) is 18.7 Å². The molecule has 1 aromatic heterocycles. The van der Waals surface area contributed by atoms with E-state index in [9.17, 15) is 13.2 Å². The molecule has 8 heteroatoms. The zero-order valence-corrected chi connectivity index (χ0v) is 12.1. The summed E-state index contributed by atoms with van der Waals surface area (Å²) < 4.78 is 43.1. The van der Waals surface area contributed by atoms with Gasteiger partial charge in [0, 0.05) is 33.3 Å². The third kappa shape index (κ3) is 3.96. The molecule has 0 spiro atoms. The second-order valence-electron chi connectivity index (χ2n) is 5.01. The predicted molar refractivity (Wildman–Crippen MR) is 73.3 cm³/mol. The number of alkyl halides is 3. The van der Waals surface area contributed by atoms with Crippen molar-refractivity contribution in [3.8, 4) is 0 Å². The Morgan fingerprint density at radius 1 is 1.33 bits per heavy atom. The lowest BCUT2D eigenvalue weighted by Crippen LogP contribution is -2.39. The normalized spacial score (nSPS) is 17.1. The molecule has 2 rings (SSSR count). The molecule has 0 radical (unpaired) electrons. The fourth-order valence-electron chi connectivity index (χ4n) is 2.40. The Morgan fingerprint density at radius 3 is 2.52 bits per heavy atom. The Kier molecular flexibility index (Phi) is 4.87. The van der Waals surface area contributed by atoms with Gasteiger partial charge in [-0.2, -0.15) is 13.2 Å². The lowest BCUT2D eigenvalue weighted by molar-refractivity contribution is -0.179. The van der Waals surface area contributed by atoms with Crippen LogP contribution in [0.2, 0.25) is 0 Å². The molecule has 1 aliphatic heterocycles. The quantitative estimate of drug-likeness (QED) is 0.926. The first-order valence-corrected chi connectivity index (χ1v) is 6.80. The highest BCUT2D eigenvalue weighted by atomic mass is 19.4. The molecule has 0 atom stereocenters. The van der Waals surface area contributed by atoms with E-state index in [1.807, 2.05) is 4.90 Å². The molecule has 118 valence electrons. The highest BCUT2D eigenvalue weighted by Gasteiger charge is 2.41. The van der Waals surface area contributed by atoms with E-state index in [4.69, 9.17) is 4.74 Å². The molecule has 1 N–H and O–H groups in total. The molecule has 0 saturated carbocycles. The summed E-state index contributed by atoms with van der Waals surface area (Å²) >= 11 is 0. The predicted octanol–water partition coefficient (Wildman–Crippen LogP) is 2.44. The standard InChI is InChI=1S/C13H19F3N4O/c1-17-10-7-12(19-11(18-10)8-21-2)20-5-3-9(4-6-20)13(14,15)16/h7,9H,3-6,8H2,1-2H3,(H,17,18,19). The smallest absolute Gasteiger partial charge is 0.377 e. The average molecular weight is 304 g/mol. The molecular formula is C13H19F3N4O. The number of nitrogens with zero attached hydrogens (tertiary/aromatic N) is 3. The van der Waals surface area contributed by atoms with Gasteiger partial charge < -0.3 is 15.0 Å². The molecule has 0 amide bonds. The van der Waals surface area contributed by atoms with Gasteiger partial charge in [-0.25, -0.2) is 9.97 Å². The van der Waals surface area contributed by atoms with E-state index in [1.165, 1.54) is 0 Å². The number of hydrogen-bond donors (Lipinski definition) is 1. The van der Waals surface area contributed by atoms with Crippen LogP contribution in [0.5, 0.6) is 0 Å². The van der Waals surface area contributed by atoms with Crippen molar-refractivity contribution in [3.05, 3.63) is 11.9 Å². The summed E-state index contributed by atoms with van der Waals surface area (Å²) in [6.07, 6.45) is -3.90. The van der Waals surface area contributed by atoms with E-state index in [0.717, 1.165) is 0 Å². The number of halogens is 3. The highest BCUT2D eigenvalue weighted by Crippen LogP contribution is 2.35. The van der Waals surface area contributed by atoms with Crippen molar-refractivity contribution in [2.75, 3.05) is 37.5 Å². The van der Waals surface area contributed by atoms with Gasteiger partial charge in [-0.1, -0.05) is 0 Å². The first-order valence-electron chi connectivity index (χ1n) is 6.80. The Bertz CT molecular complexity index is 473. The Morgan fingerprint density at radius 2 is 2.00 bits per heavy atom. The van der Waals surface area contributed by atoms with E-state index in [2.05, 4.69) is 15.3 Å². The number of ether oxygens (including phenoxy) is 1. The zero-order chi connectivity index (χ0) is 15.5. The van der Waals surface area contributed by atoms with Crippen LogP contribution in [-0.2, 0) is 11.3 Å². The Hall–Kier alpha value is -1.57. The van der Waals surface area contributed by atoms with Crippen molar-refractivity contribution in [3.63, 3.8) is 0 Å². The lowest BCUT2D eigenvalue weighted by Gasteiger charge is -2.33. The van der Waals surface area contributed by atoms with E-state index in [-0.39, 0.29) is 19.4 Å². The fraction of sp³-hybridized carbons (Fsp3) is 0.692. The summed E-state index contributed by atoms with van der Waals surface area (Å²) in [5, 5.41) is 2.92. The molecule has 0 aliphatic carbocycles. The fourth-order valence-corrected chi connectivity index (χ4v) is 2.40. The third-order valence-electron chi connectivity index (χ3n) is 3.57. The van der Waals surface area contributed by atoms with Gasteiger partial charge in [-0.05, 0) is 12.8 Å². The van der Waals surface area contributed by atoms with Crippen LogP contribution in [-0.4, -0.2) is 43.4 Å². The second kappa shape index (κ2) is 6.46. The maximum Gasteiger partial charge on any atom is 0.391 e. The van der Waals surface area contributed by atoms with E-state index < -0.39 is 12.1 Å². The van der Waals surface area contributed by atoms with Crippen molar-refractivity contribution in [2.24, 2.45) is 5.92 Å². The summed E-state index contributed by atoms with van der Waals surface area (Å²) in [6.45, 7) is 0.953. The largest absolute Gasteiger partial charge is 0.391 e.